The summed E-state index contributed by atoms with van der Waals surface area (Å²) in [6.07, 6.45) is 3.28. The van der Waals surface area contributed by atoms with Gasteiger partial charge in [0.1, 0.15) is 0 Å². The molecule has 8 heteroatoms. The molecule has 1 atom stereocenters. The molecule has 5 nitrogen and oxygen atoms in total. The first-order valence-corrected chi connectivity index (χ1v) is 8.48. The molecule has 0 radical (unpaired) electrons. The maximum atomic E-state index is 12.6. The number of aryl methyl sites for hydroxylation is 1. The van der Waals surface area contributed by atoms with Gasteiger partial charge in [-0.15, -0.1) is 0 Å². The summed E-state index contributed by atoms with van der Waals surface area (Å²) in [6, 6.07) is 3.29. The Morgan fingerprint density at radius 2 is 1.95 bits per heavy atom. The number of thiazole rings is 1. The molecule has 0 N–H and O–H groups in total. The highest BCUT2D eigenvalue weighted by molar-refractivity contribution is 7.91. The number of aromatic nitrogens is 2. The van der Waals surface area contributed by atoms with Gasteiger partial charge in [0.25, 0.3) is 10.0 Å². The Balaban J connectivity index is 2.37. The summed E-state index contributed by atoms with van der Waals surface area (Å²) in [5, 5.41) is 0. The number of halogens is 1. The molecule has 1 unspecified atom stereocenters. The van der Waals surface area contributed by atoms with Crippen molar-refractivity contribution in [3.05, 3.63) is 40.3 Å². The highest BCUT2D eigenvalue weighted by Gasteiger charge is 2.30. The molecule has 0 bridgehead atoms. The fourth-order valence-electron chi connectivity index (χ4n) is 1.78. The van der Waals surface area contributed by atoms with E-state index in [0.717, 1.165) is 16.9 Å². The number of pyridine rings is 1. The third-order valence-electron chi connectivity index (χ3n) is 3.08. The van der Waals surface area contributed by atoms with Gasteiger partial charge < -0.3 is 0 Å². The Morgan fingerprint density at radius 1 is 1.35 bits per heavy atom. The quantitative estimate of drug-likeness (QED) is 0.864. The molecule has 108 valence electrons. The molecular weight excluding hydrogens is 318 g/mol. The van der Waals surface area contributed by atoms with Crippen LogP contribution < -0.4 is 0 Å². The summed E-state index contributed by atoms with van der Waals surface area (Å²) >= 11 is 6.76. The van der Waals surface area contributed by atoms with Crippen LogP contribution in [0.2, 0.25) is 4.47 Å². The lowest BCUT2D eigenvalue weighted by atomic mass is 10.1. The first-order chi connectivity index (χ1) is 9.34. The van der Waals surface area contributed by atoms with E-state index in [4.69, 9.17) is 11.6 Å². The van der Waals surface area contributed by atoms with Crippen molar-refractivity contribution in [1.29, 1.82) is 0 Å². The van der Waals surface area contributed by atoms with Crippen molar-refractivity contribution in [2.45, 2.75) is 24.1 Å². The molecule has 0 aliphatic carbocycles. The number of sulfonamides is 1. The average Bonchev–Trinajstić information content (AvgIpc) is 2.77. The van der Waals surface area contributed by atoms with Crippen LogP contribution in [0.25, 0.3) is 0 Å². The van der Waals surface area contributed by atoms with Gasteiger partial charge in [0.15, 0.2) is 8.68 Å². The molecule has 2 aromatic rings. The van der Waals surface area contributed by atoms with Crippen LogP contribution in [0.4, 0.5) is 0 Å². The molecule has 0 amide bonds. The summed E-state index contributed by atoms with van der Waals surface area (Å²) in [5.74, 6) is 0. The predicted octanol–water partition coefficient (Wildman–Crippen LogP) is 2.88. The molecule has 2 aromatic heterocycles. The van der Waals surface area contributed by atoms with Crippen LogP contribution >= 0.6 is 22.9 Å². The van der Waals surface area contributed by atoms with Crippen LogP contribution in [-0.4, -0.2) is 29.7 Å². The number of rotatable bonds is 4. The Bertz CT molecular complexity index is 701. The van der Waals surface area contributed by atoms with Crippen LogP contribution in [0, 0.1) is 6.92 Å². The van der Waals surface area contributed by atoms with E-state index in [2.05, 4.69) is 9.97 Å². The lowest BCUT2D eigenvalue weighted by Crippen LogP contribution is -2.29. The summed E-state index contributed by atoms with van der Waals surface area (Å²) in [7, 11) is -2.06. The number of hydrogen-bond acceptors (Lipinski definition) is 5. The van der Waals surface area contributed by atoms with Crippen molar-refractivity contribution in [1.82, 2.24) is 14.3 Å². The molecule has 0 aromatic carbocycles. The molecule has 0 aliphatic rings. The van der Waals surface area contributed by atoms with Gasteiger partial charge in [-0.25, -0.2) is 13.4 Å². The Kier molecular flexibility index (Phi) is 4.43. The van der Waals surface area contributed by atoms with E-state index in [-0.39, 0.29) is 14.7 Å². The third kappa shape index (κ3) is 2.85. The molecule has 0 spiro atoms. The zero-order chi connectivity index (χ0) is 14.9. The monoisotopic (exact) mass is 331 g/mol. The van der Waals surface area contributed by atoms with E-state index in [0.29, 0.717) is 5.69 Å². The van der Waals surface area contributed by atoms with Gasteiger partial charge in [-0.2, -0.15) is 4.31 Å². The smallest absolute Gasteiger partial charge is 0.254 e. The largest absolute Gasteiger partial charge is 0.265 e. The normalized spacial score (nSPS) is 13.7. The van der Waals surface area contributed by atoms with Gasteiger partial charge in [-0.1, -0.05) is 22.9 Å². The number of hydrogen-bond donors (Lipinski definition) is 0. The van der Waals surface area contributed by atoms with Gasteiger partial charge in [0.05, 0.1) is 5.69 Å². The standard InChI is InChI=1S/C12H14ClN3O2S2/c1-8-11(19-12(13)15-8)20(17,18)16(3)9(2)10-4-6-14-7-5-10/h4-7,9H,1-3H3. The van der Waals surface area contributed by atoms with Crippen molar-refractivity contribution in [2.75, 3.05) is 7.05 Å². The topological polar surface area (TPSA) is 63.2 Å². The summed E-state index contributed by atoms with van der Waals surface area (Å²) in [4.78, 5) is 7.89. The van der Waals surface area contributed by atoms with Crippen molar-refractivity contribution < 1.29 is 8.42 Å². The average molecular weight is 332 g/mol. The molecule has 0 aliphatic heterocycles. The first kappa shape index (κ1) is 15.4. The van der Waals surface area contributed by atoms with Gasteiger partial charge in [-0.3, -0.25) is 4.98 Å². The predicted molar refractivity (Wildman–Crippen MR) is 79.5 cm³/mol. The maximum Gasteiger partial charge on any atom is 0.254 e. The van der Waals surface area contributed by atoms with E-state index < -0.39 is 10.0 Å². The summed E-state index contributed by atoms with van der Waals surface area (Å²) in [5.41, 5.74) is 1.30. The van der Waals surface area contributed by atoms with E-state index in [1.165, 1.54) is 4.31 Å². The lowest BCUT2D eigenvalue weighted by Gasteiger charge is -2.24. The number of nitrogens with zero attached hydrogens (tertiary/aromatic N) is 3. The van der Waals surface area contributed by atoms with Crippen molar-refractivity contribution in [3.63, 3.8) is 0 Å². The fraction of sp³-hybridized carbons (Fsp3) is 0.333. The zero-order valence-corrected chi connectivity index (χ0v) is 13.6. The van der Waals surface area contributed by atoms with E-state index in [1.54, 1.807) is 38.5 Å². The minimum atomic E-state index is -3.61. The Hall–Kier alpha value is -1.02. The van der Waals surface area contributed by atoms with Gasteiger partial charge in [0.2, 0.25) is 0 Å². The second-order valence-electron chi connectivity index (χ2n) is 4.32. The molecular formula is C12H14ClN3O2S2. The lowest BCUT2D eigenvalue weighted by molar-refractivity contribution is 0.399. The minimum absolute atomic E-state index is 0.186. The van der Waals surface area contributed by atoms with Crippen LogP contribution in [0.1, 0.15) is 24.2 Å². The van der Waals surface area contributed by atoms with Crippen molar-refractivity contribution >= 4 is 33.0 Å². The first-order valence-electron chi connectivity index (χ1n) is 5.85. The van der Waals surface area contributed by atoms with Gasteiger partial charge >= 0.3 is 0 Å². The van der Waals surface area contributed by atoms with E-state index in [1.807, 2.05) is 6.92 Å². The Morgan fingerprint density at radius 3 is 2.45 bits per heavy atom. The second-order valence-corrected chi connectivity index (χ2v) is 8.09. The molecule has 2 rings (SSSR count). The van der Waals surface area contributed by atoms with Gasteiger partial charge in [0, 0.05) is 25.5 Å². The van der Waals surface area contributed by atoms with E-state index >= 15 is 0 Å². The molecule has 0 fully saturated rings. The van der Waals surface area contributed by atoms with Crippen molar-refractivity contribution in [2.24, 2.45) is 0 Å². The van der Waals surface area contributed by atoms with Crippen LogP contribution in [0.15, 0.2) is 28.7 Å². The van der Waals surface area contributed by atoms with Crippen molar-refractivity contribution in [3.8, 4) is 0 Å². The second kappa shape index (κ2) is 5.77. The molecule has 0 saturated carbocycles. The van der Waals surface area contributed by atoms with Crippen LogP contribution in [0.3, 0.4) is 0 Å². The van der Waals surface area contributed by atoms with Crippen LogP contribution in [-0.2, 0) is 10.0 Å². The SMILES string of the molecule is Cc1nc(Cl)sc1S(=O)(=O)N(C)C(C)c1ccncc1. The minimum Gasteiger partial charge on any atom is -0.265 e. The molecule has 20 heavy (non-hydrogen) atoms. The van der Waals surface area contributed by atoms with Crippen LogP contribution in [0.5, 0.6) is 0 Å². The molecule has 2 heterocycles. The highest BCUT2D eigenvalue weighted by atomic mass is 35.5. The highest BCUT2D eigenvalue weighted by Crippen LogP contribution is 2.32. The zero-order valence-electron chi connectivity index (χ0n) is 11.2. The third-order valence-corrected chi connectivity index (χ3v) is 6.85. The maximum absolute atomic E-state index is 12.6. The van der Waals surface area contributed by atoms with Gasteiger partial charge in [-0.05, 0) is 31.5 Å². The summed E-state index contributed by atoms with van der Waals surface area (Å²) in [6.45, 7) is 3.46. The fourth-order valence-corrected chi connectivity index (χ4v) is 5.03. The molecule has 0 saturated heterocycles. The van der Waals surface area contributed by atoms with E-state index in [9.17, 15) is 8.42 Å². The Labute approximate surface area is 127 Å². The summed E-state index contributed by atoms with van der Waals surface area (Å²) < 4.78 is 26.9.